The van der Waals surface area contributed by atoms with Crippen LogP contribution in [-0.4, -0.2) is 45.3 Å². The third-order valence-electron chi connectivity index (χ3n) is 7.68. The average molecular weight is 555 g/mol. The number of hydrogen-bond acceptors (Lipinski definition) is 6. The molecule has 0 bridgehead atoms. The second-order valence-corrected chi connectivity index (χ2v) is 12.8. The molecule has 210 valence electrons. The van der Waals surface area contributed by atoms with E-state index < -0.39 is 27.5 Å². The summed E-state index contributed by atoms with van der Waals surface area (Å²) in [5, 5.41) is 18.2. The standard InChI is InChI=1S/C29H38N4O5S/c1-6-21-14-22-10-8-9-11-26(22)39(36,37)33(16-21)17-24-15-23(13-12-20(24)3)27(29(4,5)28(34)35)38-19-25-18-32(7-2)31-30-25/h8-13,15,18,21,27H,6-7,14,16-17,19H2,1-5H3,(H,34,35)/t21?,27-/m1/s1. The number of ether oxygens (including phenoxy) is 1. The summed E-state index contributed by atoms with van der Waals surface area (Å²) in [7, 11) is -3.71. The Hall–Kier alpha value is -3.08. The zero-order chi connectivity index (χ0) is 28.4. The van der Waals surface area contributed by atoms with Gasteiger partial charge in [-0.2, -0.15) is 4.31 Å². The summed E-state index contributed by atoms with van der Waals surface area (Å²) in [6.07, 6.45) is 2.56. The number of aliphatic carboxylic acids is 1. The van der Waals surface area contributed by atoms with Crippen molar-refractivity contribution in [1.82, 2.24) is 19.3 Å². The van der Waals surface area contributed by atoms with Gasteiger partial charge in [0.2, 0.25) is 10.0 Å². The van der Waals surface area contributed by atoms with Crippen LogP contribution in [-0.2, 0) is 45.7 Å². The lowest BCUT2D eigenvalue weighted by Gasteiger charge is -2.31. The monoisotopic (exact) mass is 554 g/mol. The van der Waals surface area contributed by atoms with Gasteiger partial charge in [-0.25, -0.2) is 8.42 Å². The van der Waals surface area contributed by atoms with E-state index >= 15 is 0 Å². The minimum atomic E-state index is -3.71. The van der Waals surface area contributed by atoms with Crippen LogP contribution in [0, 0.1) is 18.3 Å². The van der Waals surface area contributed by atoms with Crippen molar-refractivity contribution in [3.8, 4) is 0 Å². The van der Waals surface area contributed by atoms with E-state index in [4.69, 9.17) is 4.74 Å². The molecule has 3 aromatic rings. The van der Waals surface area contributed by atoms with Crippen LogP contribution in [0.15, 0.2) is 53.6 Å². The van der Waals surface area contributed by atoms with Gasteiger partial charge in [-0.05, 0) is 68.4 Å². The molecule has 0 spiro atoms. The van der Waals surface area contributed by atoms with Crippen molar-refractivity contribution in [2.75, 3.05) is 6.54 Å². The van der Waals surface area contributed by atoms with Crippen LogP contribution in [0.2, 0.25) is 0 Å². The van der Waals surface area contributed by atoms with Crippen molar-refractivity contribution >= 4 is 16.0 Å². The molecule has 0 saturated heterocycles. The number of nitrogens with zero attached hydrogens (tertiary/aromatic N) is 4. The highest BCUT2D eigenvalue weighted by molar-refractivity contribution is 7.89. The van der Waals surface area contributed by atoms with Crippen LogP contribution in [0.1, 0.15) is 68.2 Å². The summed E-state index contributed by atoms with van der Waals surface area (Å²) >= 11 is 0. The van der Waals surface area contributed by atoms with E-state index in [2.05, 4.69) is 17.2 Å². The molecule has 39 heavy (non-hydrogen) atoms. The Bertz CT molecular complexity index is 1430. The minimum absolute atomic E-state index is 0.0973. The summed E-state index contributed by atoms with van der Waals surface area (Å²) in [6.45, 7) is 10.6. The maximum absolute atomic E-state index is 13.8. The van der Waals surface area contributed by atoms with Gasteiger partial charge in [0.25, 0.3) is 0 Å². The number of aryl methyl sites for hydroxylation is 2. The molecule has 0 fully saturated rings. The first kappa shape index (κ1) is 28.9. The highest BCUT2D eigenvalue weighted by Crippen LogP contribution is 2.39. The minimum Gasteiger partial charge on any atom is -0.481 e. The van der Waals surface area contributed by atoms with E-state index in [0.717, 1.165) is 23.1 Å². The second-order valence-electron chi connectivity index (χ2n) is 10.9. The fraction of sp³-hybridized carbons (Fsp3) is 0.483. The first-order chi connectivity index (χ1) is 18.5. The molecule has 4 rings (SSSR count). The van der Waals surface area contributed by atoms with Crippen LogP contribution in [0.5, 0.6) is 0 Å². The van der Waals surface area contributed by atoms with Crippen molar-refractivity contribution in [3.05, 3.63) is 76.6 Å². The number of sulfonamides is 1. The number of benzene rings is 2. The number of carbonyl (C=O) groups is 1. The fourth-order valence-electron chi connectivity index (χ4n) is 5.02. The average Bonchev–Trinajstić information content (AvgIpc) is 3.33. The van der Waals surface area contributed by atoms with Gasteiger partial charge in [0, 0.05) is 19.6 Å². The molecule has 10 heteroatoms. The molecule has 1 N–H and O–H groups in total. The highest BCUT2D eigenvalue weighted by atomic mass is 32.2. The molecule has 0 radical (unpaired) electrons. The summed E-state index contributed by atoms with van der Waals surface area (Å²) in [4.78, 5) is 12.6. The fourth-order valence-corrected chi connectivity index (χ4v) is 6.75. The number of hydrogen-bond donors (Lipinski definition) is 1. The summed E-state index contributed by atoms with van der Waals surface area (Å²) in [6, 6.07) is 12.9. The van der Waals surface area contributed by atoms with Crippen LogP contribution < -0.4 is 0 Å². The SMILES string of the molecule is CCC1Cc2ccccc2S(=O)(=O)N(Cc2cc([C@@H](OCc3cn(CC)nn3)C(C)(C)C(=O)O)ccc2C)C1. The molecule has 1 aromatic heterocycles. The molecule has 1 aliphatic rings. The van der Waals surface area contributed by atoms with Gasteiger partial charge in [0.05, 0.1) is 29.2 Å². The summed E-state index contributed by atoms with van der Waals surface area (Å²) in [5.74, 6) is -0.796. The number of carboxylic acids is 1. The lowest BCUT2D eigenvalue weighted by atomic mass is 9.81. The molecule has 0 saturated carbocycles. The van der Waals surface area contributed by atoms with Crippen LogP contribution >= 0.6 is 0 Å². The third kappa shape index (κ3) is 6.08. The zero-order valence-corrected chi connectivity index (χ0v) is 24.1. The molecule has 1 aliphatic heterocycles. The predicted molar refractivity (Wildman–Crippen MR) is 147 cm³/mol. The smallest absolute Gasteiger partial charge is 0.312 e. The molecule has 1 unspecified atom stereocenters. The lowest BCUT2D eigenvalue weighted by molar-refractivity contribution is -0.158. The van der Waals surface area contributed by atoms with E-state index in [9.17, 15) is 18.3 Å². The zero-order valence-electron chi connectivity index (χ0n) is 23.3. The van der Waals surface area contributed by atoms with Crippen molar-refractivity contribution < 1.29 is 23.1 Å². The molecule has 2 heterocycles. The van der Waals surface area contributed by atoms with Crippen LogP contribution in [0.25, 0.3) is 0 Å². The van der Waals surface area contributed by atoms with Gasteiger partial charge in [-0.3, -0.25) is 9.48 Å². The van der Waals surface area contributed by atoms with Gasteiger partial charge < -0.3 is 9.84 Å². The predicted octanol–water partition coefficient (Wildman–Crippen LogP) is 4.75. The van der Waals surface area contributed by atoms with Gasteiger partial charge >= 0.3 is 5.97 Å². The summed E-state index contributed by atoms with van der Waals surface area (Å²) in [5.41, 5.74) is 2.62. The Morgan fingerprint density at radius 3 is 2.62 bits per heavy atom. The number of rotatable bonds is 10. The maximum Gasteiger partial charge on any atom is 0.312 e. The Morgan fingerprint density at radius 1 is 1.21 bits per heavy atom. The topological polar surface area (TPSA) is 115 Å². The molecule has 2 atom stereocenters. The normalized spacial score (nSPS) is 18.3. The van der Waals surface area contributed by atoms with Gasteiger partial charge in [-0.15, -0.1) is 5.10 Å². The molecular weight excluding hydrogens is 516 g/mol. The molecule has 9 nitrogen and oxygen atoms in total. The lowest BCUT2D eigenvalue weighted by Crippen LogP contribution is -2.34. The third-order valence-corrected chi connectivity index (χ3v) is 9.59. The summed E-state index contributed by atoms with van der Waals surface area (Å²) < 4.78 is 37.0. The van der Waals surface area contributed by atoms with E-state index in [1.165, 1.54) is 0 Å². The van der Waals surface area contributed by atoms with E-state index in [1.807, 2.05) is 44.2 Å². The number of fused-ring (bicyclic) bond motifs is 1. The maximum atomic E-state index is 13.8. The van der Waals surface area contributed by atoms with E-state index in [1.54, 1.807) is 41.2 Å². The Balaban J connectivity index is 1.68. The Kier molecular flexibility index (Phi) is 8.58. The Morgan fingerprint density at radius 2 is 1.95 bits per heavy atom. The van der Waals surface area contributed by atoms with Crippen LogP contribution in [0.4, 0.5) is 0 Å². The van der Waals surface area contributed by atoms with Gasteiger partial charge in [0.15, 0.2) is 0 Å². The van der Waals surface area contributed by atoms with Gasteiger partial charge in [-0.1, -0.05) is 55.0 Å². The largest absolute Gasteiger partial charge is 0.481 e. The van der Waals surface area contributed by atoms with Crippen molar-refractivity contribution in [2.24, 2.45) is 11.3 Å². The molecule has 2 aromatic carbocycles. The Labute approximate surface area is 230 Å². The first-order valence-corrected chi connectivity index (χ1v) is 14.8. The molecule has 0 amide bonds. The number of carboxylic acid groups (broad SMARTS) is 1. The quantitative estimate of drug-likeness (QED) is 0.385. The second kappa shape index (κ2) is 11.6. The van der Waals surface area contributed by atoms with Crippen LogP contribution in [0.3, 0.4) is 0 Å². The first-order valence-electron chi connectivity index (χ1n) is 13.4. The van der Waals surface area contributed by atoms with Crippen molar-refractivity contribution in [1.29, 1.82) is 0 Å². The molecule has 0 aliphatic carbocycles. The van der Waals surface area contributed by atoms with Gasteiger partial charge in [0.1, 0.15) is 5.69 Å². The molecular formula is C29H38N4O5S. The highest BCUT2D eigenvalue weighted by Gasteiger charge is 2.40. The number of aromatic nitrogens is 3. The van der Waals surface area contributed by atoms with E-state index in [0.29, 0.717) is 35.7 Å². The van der Waals surface area contributed by atoms with E-state index in [-0.39, 0.29) is 19.1 Å². The van der Waals surface area contributed by atoms with Crippen molar-refractivity contribution in [2.45, 2.75) is 78.2 Å². The van der Waals surface area contributed by atoms with Crippen molar-refractivity contribution in [3.63, 3.8) is 0 Å².